The number of hydrogen-bond donors (Lipinski definition) is 3. The summed E-state index contributed by atoms with van der Waals surface area (Å²) < 4.78 is 15.2. The second kappa shape index (κ2) is 6.82. The second-order valence-corrected chi connectivity index (χ2v) is 5.69. The van der Waals surface area contributed by atoms with Crippen molar-refractivity contribution < 1.29 is 14.3 Å². The van der Waals surface area contributed by atoms with Crippen LogP contribution in [0.25, 0.3) is 21.9 Å². The summed E-state index contributed by atoms with van der Waals surface area (Å²) in [6.45, 7) is -0.250. The van der Waals surface area contributed by atoms with E-state index in [-0.39, 0.29) is 12.3 Å². The Balaban J connectivity index is 0.000000569. The number of hydrogen-bond acceptors (Lipinski definition) is 3. The van der Waals surface area contributed by atoms with Gasteiger partial charge >= 0.3 is 0 Å². The number of rotatable bonds is 2. The maximum Gasteiger partial charge on any atom is 0.290 e. The lowest BCUT2D eigenvalue weighted by Crippen LogP contribution is -1.98. The quantitative estimate of drug-likeness (QED) is 0.466. The fourth-order valence-corrected chi connectivity index (χ4v) is 2.77. The van der Waals surface area contributed by atoms with Crippen molar-refractivity contribution in [1.82, 2.24) is 14.5 Å². The number of halogens is 2. The van der Waals surface area contributed by atoms with E-state index in [1.54, 1.807) is 6.07 Å². The summed E-state index contributed by atoms with van der Waals surface area (Å²) in [5.41, 5.74) is 3.33. The number of imidazole rings is 1. The van der Waals surface area contributed by atoms with Crippen molar-refractivity contribution in [2.24, 2.45) is 7.05 Å². The fourth-order valence-electron chi connectivity index (χ4n) is 2.60. The van der Waals surface area contributed by atoms with Gasteiger partial charge in [-0.15, -0.1) is 0 Å². The van der Waals surface area contributed by atoms with Gasteiger partial charge in [-0.25, -0.2) is 9.37 Å². The molecular weight excluding hydrogens is 347 g/mol. The summed E-state index contributed by atoms with van der Waals surface area (Å²) >= 11 is 6.06. The highest BCUT2D eigenvalue weighted by Crippen LogP contribution is 2.29. The van der Waals surface area contributed by atoms with Gasteiger partial charge < -0.3 is 20.0 Å². The molecule has 0 fully saturated rings. The van der Waals surface area contributed by atoms with Crippen LogP contribution in [0.4, 0.5) is 16.0 Å². The van der Waals surface area contributed by atoms with Crippen LogP contribution in [0.2, 0.25) is 5.02 Å². The van der Waals surface area contributed by atoms with E-state index in [1.807, 2.05) is 36.0 Å². The standard InChI is InChI=1S/C16H12ClFN4.CH2O2/c1-22-15-5-3-10(18)7-13(15)20-16(22)21-14-8-19-12-4-2-9(17)6-11(12)14;2-1-3/h2-8,19H,1H3,(H,20,21);1H,(H,2,3). The van der Waals surface area contributed by atoms with E-state index in [2.05, 4.69) is 15.3 Å². The number of benzene rings is 2. The number of aryl methyl sites for hydroxylation is 1. The molecule has 0 saturated heterocycles. The molecule has 0 aliphatic carbocycles. The van der Waals surface area contributed by atoms with Crippen LogP contribution in [0.3, 0.4) is 0 Å². The zero-order valence-electron chi connectivity index (χ0n) is 13.1. The molecular formula is C17H14ClFN4O2. The molecule has 0 spiro atoms. The number of nitrogens with one attached hydrogen (secondary N) is 2. The van der Waals surface area contributed by atoms with Crippen molar-refractivity contribution in [2.45, 2.75) is 0 Å². The van der Waals surface area contributed by atoms with Crippen LogP contribution in [-0.2, 0) is 11.8 Å². The minimum absolute atomic E-state index is 0.250. The zero-order chi connectivity index (χ0) is 18.0. The van der Waals surface area contributed by atoms with Gasteiger partial charge in [-0.3, -0.25) is 4.79 Å². The number of H-pyrrole nitrogens is 1. The minimum atomic E-state index is -0.295. The van der Waals surface area contributed by atoms with Gasteiger partial charge in [0.15, 0.2) is 0 Å². The number of carbonyl (C=O) groups is 1. The smallest absolute Gasteiger partial charge is 0.290 e. The fraction of sp³-hybridized carbons (Fsp3) is 0.0588. The van der Waals surface area contributed by atoms with Crippen molar-refractivity contribution in [3.63, 3.8) is 0 Å². The van der Waals surface area contributed by atoms with Crippen molar-refractivity contribution >= 4 is 51.6 Å². The Kier molecular flexibility index (Phi) is 4.58. The molecule has 0 aliphatic heterocycles. The topological polar surface area (TPSA) is 82.9 Å². The number of fused-ring (bicyclic) bond motifs is 2. The van der Waals surface area contributed by atoms with E-state index in [0.29, 0.717) is 16.5 Å². The molecule has 3 N–H and O–H groups in total. The first-order chi connectivity index (χ1) is 12.0. The van der Waals surface area contributed by atoms with E-state index in [9.17, 15) is 4.39 Å². The first kappa shape index (κ1) is 16.8. The lowest BCUT2D eigenvalue weighted by molar-refractivity contribution is -0.122. The SMILES string of the molecule is Cn1c(Nc2c[nH]c3ccc(Cl)cc23)nc2cc(F)ccc21.O=CO. The van der Waals surface area contributed by atoms with Crippen molar-refractivity contribution in [1.29, 1.82) is 0 Å². The normalized spacial score (nSPS) is 10.5. The van der Waals surface area contributed by atoms with E-state index >= 15 is 0 Å². The third kappa shape index (κ3) is 3.27. The lowest BCUT2D eigenvalue weighted by atomic mass is 10.2. The van der Waals surface area contributed by atoms with Crippen LogP contribution < -0.4 is 5.32 Å². The van der Waals surface area contributed by atoms with Gasteiger partial charge in [0.05, 0.1) is 16.7 Å². The Bertz CT molecular complexity index is 1060. The van der Waals surface area contributed by atoms with E-state index in [1.165, 1.54) is 12.1 Å². The molecule has 0 radical (unpaired) electrons. The Morgan fingerprint density at radius 1 is 1.32 bits per heavy atom. The number of carboxylic acid groups (broad SMARTS) is 1. The molecule has 2 aromatic carbocycles. The average molecular weight is 361 g/mol. The Morgan fingerprint density at radius 2 is 2.08 bits per heavy atom. The first-order valence-corrected chi connectivity index (χ1v) is 7.64. The molecule has 0 atom stereocenters. The van der Waals surface area contributed by atoms with Gasteiger partial charge in [-0.05, 0) is 30.3 Å². The summed E-state index contributed by atoms with van der Waals surface area (Å²) in [4.78, 5) is 16.0. The first-order valence-electron chi connectivity index (χ1n) is 7.27. The largest absolute Gasteiger partial charge is 0.483 e. The van der Waals surface area contributed by atoms with Gasteiger partial charge in [0, 0.05) is 35.2 Å². The molecule has 8 heteroatoms. The van der Waals surface area contributed by atoms with Gasteiger partial charge in [0.1, 0.15) is 5.82 Å². The van der Waals surface area contributed by atoms with Gasteiger partial charge in [0.2, 0.25) is 5.95 Å². The zero-order valence-corrected chi connectivity index (χ0v) is 13.9. The van der Waals surface area contributed by atoms with Gasteiger partial charge in [-0.2, -0.15) is 0 Å². The molecule has 0 amide bonds. The Morgan fingerprint density at radius 3 is 2.84 bits per heavy atom. The van der Waals surface area contributed by atoms with Crippen LogP contribution in [0.5, 0.6) is 0 Å². The highest BCUT2D eigenvalue weighted by Gasteiger charge is 2.11. The van der Waals surface area contributed by atoms with Crippen molar-refractivity contribution in [2.75, 3.05) is 5.32 Å². The molecule has 4 aromatic rings. The molecule has 0 unspecified atom stereocenters. The molecule has 128 valence electrons. The van der Waals surface area contributed by atoms with Crippen LogP contribution >= 0.6 is 11.6 Å². The third-order valence-electron chi connectivity index (χ3n) is 3.73. The summed E-state index contributed by atoms with van der Waals surface area (Å²) in [5.74, 6) is 0.345. The maximum absolute atomic E-state index is 13.3. The minimum Gasteiger partial charge on any atom is -0.483 e. The summed E-state index contributed by atoms with van der Waals surface area (Å²) in [5, 5.41) is 11.8. The molecule has 2 aromatic heterocycles. The van der Waals surface area contributed by atoms with Crippen LogP contribution in [0.1, 0.15) is 0 Å². The molecule has 4 rings (SSSR count). The highest BCUT2D eigenvalue weighted by molar-refractivity contribution is 6.31. The molecule has 0 aliphatic rings. The average Bonchev–Trinajstić information content (AvgIpc) is 3.10. The van der Waals surface area contributed by atoms with Crippen LogP contribution in [0.15, 0.2) is 42.6 Å². The predicted molar refractivity (Wildman–Crippen MR) is 96.0 cm³/mol. The number of aromatic nitrogens is 3. The predicted octanol–water partition coefficient (Wildman–Crippen LogP) is 4.29. The number of aromatic amines is 1. The van der Waals surface area contributed by atoms with Crippen LogP contribution in [0, 0.1) is 5.82 Å². The summed E-state index contributed by atoms with van der Waals surface area (Å²) in [6, 6.07) is 10.2. The molecule has 0 saturated carbocycles. The monoisotopic (exact) mass is 360 g/mol. The van der Waals surface area contributed by atoms with Crippen LogP contribution in [-0.4, -0.2) is 26.1 Å². The molecule has 6 nitrogen and oxygen atoms in total. The molecule has 25 heavy (non-hydrogen) atoms. The Hall–Kier alpha value is -3.06. The van der Waals surface area contributed by atoms with E-state index in [4.69, 9.17) is 21.5 Å². The number of nitrogens with zero attached hydrogens (tertiary/aromatic N) is 2. The second-order valence-electron chi connectivity index (χ2n) is 5.25. The molecule has 2 heterocycles. The van der Waals surface area contributed by atoms with E-state index < -0.39 is 0 Å². The number of anilines is 2. The van der Waals surface area contributed by atoms with Gasteiger partial charge in [-0.1, -0.05) is 11.6 Å². The third-order valence-corrected chi connectivity index (χ3v) is 3.97. The maximum atomic E-state index is 13.3. The lowest BCUT2D eigenvalue weighted by Gasteiger charge is -2.05. The van der Waals surface area contributed by atoms with Crippen molar-refractivity contribution in [3.05, 3.63) is 53.4 Å². The summed E-state index contributed by atoms with van der Waals surface area (Å²) in [7, 11) is 1.89. The highest BCUT2D eigenvalue weighted by atomic mass is 35.5. The van der Waals surface area contributed by atoms with E-state index in [0.717, 1.165) is 22.1 Å². The van der Waals surface area contributed by atoms with Gasteiger partial charge in [0.25, 0.3) is 6.47 Å². The molecule has 0 bridgehead atoms. The summed E-state index contributed by atoms with van der Waals surface area (Å²) in [6.07, 6.45) is 1.86. The van der Waals surface area contributed by atoms with Crippen molar-refractivity contribution in [3.8, 4) is 0 Å². The Labute approximate surface area is 146 Å².